The van der Waals surface area contributed by atoms with Gasteiger partial charge in [-0.15, -0.1) is 0 Å². The van der Waals surface area contributed by atoms with E-state index in [-0.39, 0.29) is 4.43 Å². The highest BCUT2D eigenvalue weighted by Crippen LogP contribution is 2.60. The Morgan fingerprint density at radius 3 is 1.14 bits per heavy atom. The molecule has 0 aliphatic heterocycles. The molecule has 0 unspecified atom stereocenters. The molecule has 0 heterocycles. The zero-order chi connectivity index (χ0) is 18.4. The van der Waals surface area contributed by atoms with Crippen molar-refractivity contribution >= 4 is 22.6 Å². The van der Waals surface area contributed by atoms with Crippen molar-refractivity contribution in [3.05, 3.63) is 4.43 Å². The van der Waals surface area contributed by atoms with Crippen LogP contribution in [0.1, 0.15) is 6.42 Å². The molecule has 0 bridgehead atoms. The highest BCUT2D eigenvalue weighted by molar-refractivity contribution is 14.1. The van der Waals surface area contributed by atoms with Crippen molar-refractivity contribution in [1.29, 1.82) is 0 Å². The first-order valence-corrected chi connectivity index (χ1v) is 5.93. The number of halogens is 14. The Morgan fingerprint density at radius 1 is 0.545 bits per heavy atom. The van der Waals surface area contributed by atoms with Crippen molar-refractivity contribution in [3.63, 3.8) is 0 Å². The van der Waals surface area contributed by atoms with E-state index in [1.165, 1.54) is 0 Å². The Labute approximate surface area is 127 Å². The highest BCUT2D eigenvalue weighted by atomic mass is 127. The average molecular weight is 473 g/mol. The standard InChI is InChI=1S/C8H3F13I/c9-3(10,1-2-22)4(11,12)5(13,14)6(15,16)7(17,18)8(19,20)21/h2H,1H2. The molecule has 22 heavy (non-hydrogen) atoms. The zero-order valence-electron chi connectivity index (χ0n) is 9.58. The first-order chi connectivity index (χ1) is 9.31. The molecule has 0 aromatic heterocycles. The van der Waals surface area contributed by atoms with Crippen LogP contribution in [0.3, 0.4) is 0 Å². The maximum Gasteiger partial charge on any atom is 0.460 e. The van der Waals surface area contributed by atoms with Crippen LogP contribution in [-0.4, -0.2) is 35.8 Å². The molecule has 0 fully saturated rings. The summed E-state index contributed by atoms with van der Waals surface area (Å²) in [5, 5.41) is 0. The number of hydrogen-bond donors (Lipinski definition) is 0. The second-order valence-corrected chi connectivity index (χ2v) is 4.74. The molecule has 133 valence electrons. The predicted molar refractivity (Wildman–Crippen MR) is 53.7 cm³/mol. The Bertz CT molecular complexity index is 395. The number of hydrogen-bond acceptors (Lipinski definition) is 0. The first kappa shape index (κ1) is 21.8. The third-order valence-corrected chi connectivity index (χ3v) is 2.77. The molecule has 0 N–H and O–H groups in total. The minimum Gasteiger partial charge on any atom is -0.200 e. The summed E-state index contributed by atoms with van der Waals surface area (Å²) in [7, 11) is 0. The molecule has 0 rings (SSSR count). The maximum atomic E-state index is 12.9. The highest BCUT2D eigenvalue weighted by Gasteiger charge is 2.90. The van der Waals surface area contributed by atoms with Gasteiger partial charge in [-0.25, -0.2) is 0 Å². The van der Waals surface area contributed by atoms with Gasteiger partial charge >= 0.3 is 35.8 Å². The SMILES string of the molecule is FC(F)(F)C(F)(F)C(F)(F)C(F)(F)C(F)(F)C(F)(F)C[CH]I. The second-order valence-electron chi connectivity index (χ2n) is 3.86. The lowest BCUT2D eigenvalue weighted by atomic mass is 9.93. The molecular weight excluding hydrogens is 470 g/mol. The van der Waals surface area contributed by atoms with Crippen molar-refractivity contribution in [1.82, 2.24) is 0 Å². The van der Waals surface area contributed by atoms with Gasteiger partial charge in [0.2, 0.25) is 0 Å². The van der Waals surface area contributed by atoms with Crippen LogP contribution in [0.25, 0.3) is 0 Å². The summed E-state index contributed by atoms with van der Waals surface area (Å²) in [5.74, 6) is -36.4. The predicted octanol–water partition coefficient (Wildman–Crippen LogP) is 5.71. The van der Waals surface area contributed by atoms with Gasteiger partial charge in [-0.05, 0) is 0 Å². The Hall–Kier alpha value is -0.180. The van der Waals surface area contributed by atoms with Gasteiger partial charge in [0.05, 0.1) is 0 Å². The fraction of sp³-hybridized carbons (Fsp3) is 0.875. The van der Waals surface area contributed by atoms with Crippen LogP contribution in [0.2, 0.25) is 0 Å². The minimum atomic E-state index is -7.82. The fourth-order valence-corrected chi connectivity index (χ4v) is 1.58. The Morgan fingerprint density at radius 2 is 0.864 bits per heavy atom. The van der Waals surface area contributed by atoms with Gasteiger partial charge in [-0.1, -0.05) is 22.6 Å². The van der Waals surface area contributed by atoms with Gasteiger partial charge in [-0.2, -0.15) is 57.1 Å². The molecule has 0 amide bonds. The normalized spacial score (nSPS) is 16.1. The minimum absolute atomic E-state index is 0.0851. The molecule has 1 radical (unpaired) electrons. The number of rotatable bonds is 6. The van der Waals surface area contributed by atoms with E-state index in [4.69, 9.17) is 0 Å². The lowest BCUT2D eigenvalue weighted by molar-refractivity contribution is -0.439. The van der Waals surface area contributed by atoms with Crippen molar-refractivity contribution in [2.75, 3.05) is 0 Å². The second kappa shape index (κ2) is 5.72. The quantitative estimate of drug-likeness (QED) is 0.343. The van der Waals surface area contributed by atoms with E-state index in [0.29, 0.717) is 0 Å². The van der Waals surface area contributed by atoms with Crippen LogP contribution in [0.4, 0.5) is 57.1 Å². The zero-order valence-corrected chi connectivity index (χ0v) is 11.7. The van der Waals surface area contributed by atoms with Crippen molar-refractivity contribution in [2.24, 2.45) is 0 Å². The van der Waals surface area contributed by atoms with Crippen LogP contribution < -0.4 is 0 Å². The van der Waals surface area contributed by atoms with E-state index in [9.17, 15) is 57.1 Å². The van der Waals surface area contributed by atoms with Crippen LogP contribution in [-0.2, 0) is 0 Å². The van der Waals surface area contributed by atoms with E-state index in [1.54, 1.807) is 0 Å². The monoisotopic (exact) mass is 473 g/mol. The topological polar surface area (TPSA) is 0 Å². The maximum absolute atomic E-state index is 12.9. The summed E-state index contributed by atoms with van der Waals surface area (Å²) in [6, 6.07) is 0. The van der Waals surface area contributed by atoms with E-state index < -0.39 is 42.2 Å². The van der Waals surface area contributed by atoms with E-state index in [1.807, 2.05) is 0 Å². The summed E-state index contributed by atoms with van der Waals surface area (Å²) >= 11 is 0.832. The van der Waals surface area contributed by atoms with Gasteiger partial charge in [0.25, 0.3) is 0 Å². The molecule has 0 spiro atoms. The van der Waals surface area contributed by atoms with Gasteiger partial charge in [0.15, 0.2) is 0 Å². The lowest BCUT2D eigenvalue weighted by Crippen LogP contribution is -2.70. The third kappa shape index (κ3) is 2.95. The molecular formula is C8H3F13I. The summed E-state index contributed by atoms with van der Waals surface area (Å²) in [6.45, 7) is 0. The molecule has 0 aliphatic rings. The molecule has 0 aliphatic carbocycles. The van der Waals surface area contributed by atoms with Crippen LogP contribution in [0.5, 0.6) is 0 Å². The summed E-state index contributed by atoms with van der Waals surface area (Å²) in [5.41, 5.74) is 0. The van der Waals surface area contributed by atoms with E-state index in [2.05, 4.69) is 0 Å². The van der Waals surface area contributed by atoms with Crippen molar-refractivity contribution < 1.29 is 57.1 Å². The Balaban J connectivity index is 6.11. The van der Waals surface area contributed by atoms with E-state index >= 15 is 0 Å². The summed E-state index contributed by atoms with van der Waals surface area (Å²) < 4.78 is 162. The first-order valence-electron chi connectivity index (χ1n) is 4.69. The molecule has 0 aromatic rings. The average Bonchev–Trinajstić information content (AvgIpc) is 2.26. The van der Waals surface area contributed by atoms with Gasteiger partial charge in [-0.3, -0.25) is 0 Å². The fourth-order valence-electron chi connectivity index (χ4n) is 1.03. The third-order valence-electron chi connectivity index (χ3n) is 2.33. The largest absolute Gasteiger partial charge is 0.460 e. The van der Waals surface area contributed by atoms with E-state index in [0.717, 1.165) is 22.6 Å². The molecule has 0 aromatic carbocycles. The van der Waals surface area contributed by atoms with Crippen molar-refractivity contribution in [3.8, 4) is 0 Å². The van der Waals surface area contributed by atoms with Gasteiger partial charge in [0, 0.05) is 10.8 Å². The number of alkyl halides is 13. The Kier molecular flexibility index (Phi) is 5.67. The molecule has 14 heteroatoms. The molecule has 0 nitrogen and oxygen atoms in total. The smallest absolute Gasteiger partial charge is 0.200 e. The summed E-state index contributed by atoms with van der Waals surface area (Å²) in [4.78, 5) is 0. The lowest BCUT2D eigenvalue weighted by Gasteiger charge is -2.39. The molecule has 0 atom stereocenters. The van der Waals surface area contributed by atoms with Crippen LogP contribution in [0, 0.1) is 4.43 Å². The van der Waals surface area contributed by atoms with Crippen LogP contribution >= 0.6 is 22.6 Å². The summed E-state index contributed by atoms with van der Waals surface area (Å²) in [6.07, 6.45) is -9.65. The van der Waals surface area contributed by atoms with Crippen LogP contribution in [0.15, 0.2) is 0 Å². The van der Waals surface area contributed by atoms with Gasteiger partial charge < -0.3 is 0 Å². The molecule has 0 saturated heterocycles. The molecule has 0 saturated carbocycles. The van der Waals surface area contributed by atoms with Gasteiger partial charge in [0.1, 0.15) is 0 Å². The van der Waals surface area contributed by atoms with Crippen molar-refractivity contribution in [2.45, 2.75) is 42.2 Å².